The Morgan fingerprint density at radius 2 is 1.84 bits per heavy atom. The van der Waals surface area contributed by atoms with Gasteiger partial charge in [0.05, 0.1) is 15.2 Å². The van der Waals surface area contributed by atoms with Gasteiger partial charge in [0, 0.05) is 5.69 Å². The molecule has 0 saturated heterocycles. The summed E-state index contributed by atoms with van der Waals surface area (Å²) in [5.41, 5.74) is 4.09. The summed E-state index contributed by atoms with van der Waals surface area (Å²) in [6.45, 7) is 0. The normalized spacial score (nSPS) is 11.2. The van der Waals surface area contributed by atoms with E-state index in [0.29, 0.717) is 16.7 Å². The van der Waals surface area contributed by atoms with Crippen LogP contribution in [0, 0.1) is 0 Å². The number of anilines is 1. The molecule has 2 aromatic rings. The van der Waals surface area contributed by atoms with Gasteiger partial charge < -0.3 is 5.32 Å². The van der Waals surface area contributed by atoms with Crippen molar-refractivity contribution in [3.63, 3.8) is 0 Å². The van der Waals surface area contributed by atoms with Crippen LogP contribution in [0.4, 0.5) is 11.4 Å². The van der Waals surface area contributed by atoms with Gasteiger partial charge in [-0.2, -0.15) is 0 Å². The van der Waals surface area contributed by atoms with Crippen molar-refractivity contribution < 1.29 is 0 Å². The van der Waals surface area contributed by atoms with Crippen LogP contribution in [-0.2, 0) is 0 Å². The fourth-order valence-electron chi connectivity index (χ4n) is 1.45. The molecule has 0 aromatic heterocycles. The van der Waals surface area contributed by atoms with Crippen molar-refractivity contribution in [2.24, 2.45) is 10.8 Å². The number of hydrogen-bond donors (Lipinski definition) is 3. The van der Waals surface area contributed by atoms with Crippen molar-refractivity contribution in [1.82, 2.24) is 5.43 Å². The first-order valence-electron chi connectivity index (χ1n) is 5.52. The third kappa shape index (κ3) is 3.70. The molecule has 6 heteroatoms. The molecule has 0 heterocycles. The van der Waals surface area contributed by atoms with E-state index in [1.54, 1.807) is 6.07 Å². The minimum absolute atomic E-state index is 0.425. The van der Waals surface area contributed by atoms with Crippen molar-refractivity contribution in [3.05, 3.63) is 58.0 Å². The van der Waals surface area contributed by atoms with Crippen molar-refractivity contribution in [1.29, 1.82) is 0 Å². The maximum absolute atomic E-state index is 6.01. The number of nitrogens with one attached hydrogen (secondary N) is 2. The Morgan fingerprint density at radius 3 is 2.53 bits per heavy atom. The number of guanidine groups is 1. The molecule has 0 aliphatic heterocycles. The predicted octanol–water partition coefficient (Wildman–Crippen LogP) is 3.67. The van der Waals surface area contributed by atoms with Crippen molar-refractivity contribution in [2.75, 3.05) is 5.32 Å². The van der Waals surface area contributed by atoms with Gasteiger partial charge >= 0.3 is 0 Å². The van der Waals surface area contributed by atoms with E-state index in [2.05, 4.69) is 31.7 Å². The highest BCUT2D eigenvalue weighted by Gasteiger charge is 2.04. The number of nitrogens with zero attached hydrogens (tertiary/aromatic N) is 1. The van der Waals surface area contributed by atoms with Crippen LogP contribution >= 0.6 is 27.5 Å². The summed E-state index contributed by atoms with van der Waals surface area (Å²) in [5, 5.41) is 3.67. The first-order chi connectivity index (χ1) is 9.20. The lowest BCUT2D eigenvalue weighted by molar-refractivity contribution is 1.02. The SMILES string of the molecule is NNC(=Nc1cccc(Cl)c1Br)Nc1ccccc1. The third-order valence-corrected chi connectivity index (χ3v) is 3.71. The largest absolute Gasteiger partial charge is 0.325 e. The quantitative estimate of drug-likeness (QED) is 0.339. The maximum Gasteiger partial charge on any atom is 0.215 e. The molecule has 0 aliphatic carbocycles. The number of hydrogen-bond acceptors (Lipinski definition) is 2. The van der Waals surface area contributed by atoms with Gasteiger partial charge in [0.25, 0.3) is 0 Å². The summed E-state index contributed by atoms with van der Waals surface area (Å²) in [5.74, 6) is 5.89. The molecule has 19 heavy (non-hydrogen) atoms. The van der Waals surface area contributed by atoms with Gasteiger partial charge in [-0.1, -0.05) is 35.9 Å². The second-order valence-electron chi connectivity index (χ2n) is 3.67. The summed E-state index contributed by atoms with van der Waals surface area (Å²) >= 11 is 9.40. The summed E-state index contributed by atoms with van der Waals surface area (Å²) < 4.78 is 0.722. The molecule has 2 aromatic carbocycles. The van der Waals surface area contributed by atoms with E-state index < -0.39 is 0 Å². The highest BCUT2D eigenvalue weighted by Crippen LogP contribution is 2.32. The Kier molecular flexibility index (Phi) is 4.79. The van der Waals surface area contributed by atoms with Crippen LogP contribution in [0.15, 0.2) is 58.0 Å². The number of nitrogens with two attached hydrogens (primary N) is 1. The van der Waals surface area contributed by atoms with E-state index in [9.17, 15) is 0 Å². The van der Waals surface area contributed by atoms with E-state index in [0.717, 1.165) is 10.2 Å². The second-order valence-corrected chi connectivity index (χ2v) is 4.87. The Bertz CT molecular complexity index is 586. The molecule has 0 radical (unpaired) electrons. The molecule has 0 aliphatic rings. The van der Waals surface area contributed by atoms with Crippen molar-refractivity contribution in [3.8, 4) is 0 Å². The zero-order valence-corrected chi connectivity index (χ0v) is 12.2. The van der Waals surface area contributed by atoms with Gasteiger partial charge in [0.2, 0.25) is 5.96 Å². The second kappa shape index (κ2) is 6.56. The monoisotopic (exact) mass is 338 g/mol. The van der Waals surface area contributed by atoms with Crippen LogP contribution in [0.5, 0.6) is 0 Å². The van der Waals surface area contributed by atoms with Gasteiger partial charge in [-0.15, -0.1) is 0 Å². The molecule has 0 atom stereocenters. The van der Waals surface area contributed by atoms with Crippen LogP contribution in [0.2, 0.25) is 5.02 Å². The molecule has 0 unspecified atom stereocenters. The molecular formula is C13H12BrClN4. The highest BCUT2D eigenvalue weighted by molar-refractivity contribution is 9.10. The average molecular weight is 340 g/mol. The topological polar surface area (TPSA) is 62.4 Å². The molecule has 0 spiro atoms. The van der Waals surface area contributed by atoms with E-state index in [1.165, 1.54) is 0 Å². The lowest BCUT2D eigenvalue weighted by Gasteiger charge is -2.09. The lowest BCUT2D eigenvalue weighted by Crippen LogP contribution is -2.35. The number of para-hydroxylation sites is 1. The number of rotatable bonds is 2. The van der Waals surface area contributed by atoms with Gasteiger partial charge in [-0.05, 0) is 40.2 Å². The Labute approximate surface area is 124 Å². The molecule has 4 N–H and O–H groups in total. The Hall–Kier alpha value is -1.56. The standard InChI is InChI=1S/C13H12BrClN4/c14-12-10(15)7-4-8-11(12)18-13(19-16)17-9-5-2-1-3-6-9/h1-8H,16H2,(H2,17,18,19). The van der Waals surface area contributed by atoms with Crippen LogP contribution in [-0.4, -0.2) is 5.96 Å². The van der Waals surface area contributed by atoms with E-state index in [4.69, 9.17) is 17.4 Å². The lowest BCUT2D eigenvalue weighted by atomic mass is 10.3. The minimum atomic E-state index is 0.425. The molecule has 0 bridgehead atoms. The number of halogens is 2. The molecule has 98 valence electrons. The van der Waals surface area contributed by atoms with Gasteiger partial charge in [-0.3, -0.25) is 5.43 Å². The molecule has 0 saturated carbocycles. The Balaban J connectivity index is 2.26. The molecule has 4 nitrogen and oxygen atoms in total. The van der Waals surface area contributed by atoms with Crippen LogP contribution < -0.4 is 16.6 Å². The average Bonchev–Trinajstić information content (AvgIpc) is 2.44. The van der Waals surface area contributed by atoms with Gasteiger partial charge in [-0.25, -0.2) is 10.8 Å². The fourth-order valence-corrected chi connectivity index (χ4v) is 1.98. The first kappa shape index (κ1) is 13.9. The third-order valence-electron chi connectivity index (χ3n) is 2.34. The summed E-state index contributed by atoms with van der Waals surface area (Å²) in [7, 11) is 0. The van der Waals surface area contributed by atoms with Gasteiger partial charge in [0.1, 0.15) is 0 Å². The molecule has 2 rings (SSSR count). The molecule has 0 fully saturated rings. The minimum Gasteiger partial charge on any atom is -0.325 e. The number of aliphatic imine (C=N–C) groups is 1. The zero-order chi connectivity index (χ0) is 13.7. The van der Waals surface area contributed by atoms with E-state index >= 15 is 0 Å². The zero-order valence-electron chi connectivity index (χ0n) is 9.90. The maximum atomic E-state index is 6.01. The van der Waals surface area contributed by atoms with Crippen molar-refractivity contribution in [2.45, 2.75) is 0 Å². The van der Waals surface area contributed by atoms with Gasteiger partial charge in [0.15, 0.2) is 0 Å². The molecular weight excluding hydrogens is 328 g/mol. The first-order valence-corrected chi connectivity index (χ1v) is 6.69. The highest BCUT2D eigenvalue weighted by atomic mass is 79.9. The summed E-state index contributed by atoms with van der Waals surface area (Å²) in [6.07, 6.45) is 0. The fraction of sp³-hybridized carbons (Fsp3) is 0. The summed E-state index contributed by atoms with van der Waals surface area (Å²) in [6, 6.07) is 15.1. The van der Waals surface area contributed by atoms with Crippen LogP contribution in [0.1, 0.15) is 0 Å². The smallest absolute Gasteiger partial charge is 0.215 e. The molecule has 0 amide bonds. The van der Waals surface area contributed by atoms with Crippen LogP contribution in [0.25, 0.3) is 0 Å². The van der Waals surface area contributed by atoms with Crippen LogP contribution in [0.3, 0.4) is 0 Å². The Morgan fingerprint density at radius 1 is 1.11 bits per heavy atom. The van der Waals surface area contributed by atoms with E-state index in [-0.39, 0.29) is 0 Å². The number of hydrazine groups is 1. The predicted molar refractivity (Wildman–Crippen MR) is 83.6 cm³/mol. The summed E-state index contributed by atoms with van der Waals surface area (Å²) in [4.78, 5) is 4.37. The number of benzene rings is 2. The van der Waals surface area contributed by atoms with Crippen molar-refractivity contribution >= 4 is 44.9 Å². The van der Waals surface area contributed by atoms with E-state index in [1.807, 2.05) is 42.5 Å².